The Bertz CT molecular complexity index is 437. The Kier molecular flexibility index (Phi) is 2.65. The smallest absolute Gasteiger partial charge is 0.207 e. The minimum absolute atomic E-state index is 0.494. The van der Waals surface area contributed by atoms with E-state index < -0.39 is 0 Å². The van der Waals surface area contributed by atoms with Crippen LogP contribution in [0, 0.1) is 0 Å². The summed E-state index contributed by atoms with van der Waals surface area (Å²) in [6, 6.07) is 0. The Morgan fingerprint density at radius 3 is 3.21 bits per heavy atom. The summed E-state index contributed by atoms with van der Waals surface area (Å²) in [6.07, 6.45) is 6.15. The lowest BCUT2D eigenvalue weighted by Crippen LogP contribution is -2.10. The molecule has 74 valence electrons. The van der Waals surface area contributed by atoms with Crippen LogP contribution in [0.15, 0.2) is 18.6 Å². The van der Waals surface area contributed by atoms with Crippen molar-refractivity contribution >= 4 is 17.1 Å². The number of nitrogens with zero attached hydrogens (tertiary/aromatic N) is 3. The molecule has 0 saturated carbocycles. The first-order chi connectivity index (χ1) is 6.83. The number of aromatic nitrogens is 3. The third kappa shape index (κ3) is 1.58. The van der Waals surface area contributed by atoms with E-state index >= 15 is 0 Å². The van der Waals surface area contributed by atoms with E-state index in [1.165, 1.54) is 0 Å². The second kappa shape index (κ2) is 3.94. The fourth-order valence-corrected chi connectivity index (χ4v) is 1.64. The molecule has 0 aromatic carbocycles. The topological polar surface area (TPSA) is 42.2 Å². The van der Waals surface area contributed by atoms with Crippen LogP contribution in [0.25, 0.3) is 5.52 Å². The number of fused-ring (bicyclic) bond motifs is 1. The Hall–Kier alpha value is -1.13. The van der Waals surface area contributed by atoms with E-state index in [0.717, 1.165) is 24.2 Å². The summed E-state index contributed by atoms with van der Waals surface area (Å²) in [5, 5.41) is 3.57. The fraction of sp³-hybridized carbons (Fsp3) is 0.333. The molecule has 2 rings (SSSR count). The summed E-state index contributed by atoms with van der Waals surface area (Å²) < 4.78 is 1.83. The van der Waals surface area contributed by atoms with E-state index in [9.17, 15) is 0 Å². The van der Waals surface area contributed by atoms with E-state index in [4.69, 9.17) is 11.6 Å². The second-order valence-electron chi connectivity index (χ2n) is 3.01. The molecule has 0 spiro atoms. The Morgan fingerprint density at radius 1 is 1.57 bits per heavy atom. The number of rotatable bonds is 3. The SMILES string of the molecule is CNCCc1nc(Cl)n2ccncc12. The van der Waals surface area contributed by atoms with Gasteiger partial charge in [0.2, 0.25) is 5.28 Å². The maximum atomic E-state index is 5.96. The van der Waals surface area contributed by atoms with Crippen molar-refractivity contribution in [2.45, 2.75) is 6.42 Å². The van der Waals surface area contributed by atoms with Gasteiger partial charge in [0, 0.05) is 25.4 Å². The minimum atomic E-state index is 0.494. The molecule has 1 N–H and O–H groups in total. The molecule has 0 aliphatic carbocycles. The van der Waals surface area contributed by atoms with Crippen molar-refractivity contribution in [3.63, 3.8) is 0 Å². The van der Waals surface area contributed by atoms with E-state index in [1.807, 2.05) is 17.6 Å². The van der Waals surface area contributed by atoms with Crippen molar-refractivity contribution < 1.29 is 0 Å². The van der Waals surface area contributed by atoms with Crippen molar-refractivity contribution in [1.29, 1.82) is 0 Å². The first-order valence-corrected chi connectivity index (χ1v) is 4.82. The Balaban J connectivity index is 2.44. The van der Waals surface area contributed by atoms with Gasteiger partial charge >= 0.3 is 0 Å². The van der Waals surface area contributed by atoms with Crippen LogP contribution in [0.5, 0.6) is 0 Å². The van der Waals surface area contributed by atoms with Crippen LogP contribution in [0.3, 0.4) is 0 Å². The molecule has 2 aromatic heterocycles. The van der Waals surface area contributed by atoms with Crippen LogP contribution in [0.4, 0.5) is 0 Å². The molecule has 0 fully saturated rings. The van der Waals surface area contributed by atoms with Crippen molar-refractivity contribution in [2.75, 3.05) is 13.6 Å². The summed E-state index contributed by atoms with van der Waals surface area (Å²) >= 11 is 5.96. The molecule has 0 amide bonds. The van der Waals surface area contributed by atoms with Crippen molar-refractivity contribution in [3.05, 3.63) is 29.6 Å². The van der Waals surface area contributed by atoms with Gasteiger partial charge in [0.1, 0.15) is 0 Å². The summed E-state index contributed by atoms with van der Waals surface area (Å²) in [6.45, 7) is 0.887. The number of nitrogens with one attached hydrogen (secondary N) is 1. The van der Waals surface area contributed by atoms with Gasteiger partial charge in [0.15, 0.2) is 0 Å². The lowest BCUT2D eigenvalue weighted by Gasteiger charge is -1.96. The average molecular weight is 211 g/mol. The molecular formula is C9H11ClN4. The van der Waals surface area contributed by atoms with Crippen LogP contribution >= 0.6 is 11.6 Å². The lowest BCUT2D eigenvalue weighted by atomic mass is 10.3. The predicted molar refractivity (Wildman–Crippen MR) is 55.6 cm³/mol. The third-order valence-corrected chi connectivity index (χ3v) is 2.36. The zero-order valence-corrected chi connectivity index (χ0v) is 8.62. The highest BCUT2D eigenvalue weighted by Crippen LogP contribution is 2.15. The van der Waals surface area contributed by atoms with E-state index in [2.05, 4.69) is 15.3 Å². The van der Waals surface area contributed by atoms with E-state index in [1.54, 1.807) is 12.4 Å². The first kappa shape index (κ1) is 9.43. The maximum absolute atomic E-state index is 5.96. The van der Waals surface area contributed by atoms with Crippen LogP contribution in [-0.2, 0) is 6.42 Å². The minimum Gasteiger partial charge on any atom is -0.319 e. The second-order valence-corrected chi connectivity index (χ2v) is 3.35. The molecule has 2 heterocycles. The van der Waals surface area contributed by atoms with Gasteiger partial charge in [0.25, 0.3) is 0 Å². The van der Waals surface area contributed by atoms with Gasteiger partial charge in [-0.3, -0.25) is 9.38 Å². The molecule has 2 aromatic rings. The molecule has 0 aliphatic rings. The van der Waals surface area contributed by atoms with Crippen molar-refractivity contribution in [3.8, 4) is 0 Å². The number of halogens is 1. The predicted octanol–water partition coefficient (Wildman–Crippen LogP) is 1.14. The number of hydrogen-bond donors (Lipinski definition) is 1. The highest BCUT2D eigenvalue weighted by atomic mass is 35.5. The van der Waals surface area contributed by atoms with Crippen LogP contribution in [0.1, 0.15) is 5.69 Å². The zero-order valence-electron chi connectivity index (χ0n) is 7.87. The van der Waals surface area contributed by atoms with Gasteiger partial charge in [-0.05, 0) is 18.6 Å². The maximum Gasteiger partial charge on any atom is 0.207 e. The molecule has 0 atom stereocenters. The first-order valence-electron chi connectivity index (χ1n) is 4.44. The van der Waals surface area contributed by atoms with E-state index in [0.29, 0.717) is 5.28 Å². The quantitative estimate of drug-likeness (QED) is 0.827. The van der Waals surface area contributed by atoms with Gasteiger partial charge in [-0.2, -0.15) is 0 Å². The van der Waals surface area contributed by atoms with Crippen LogP contribution in [-0.4, -0.2) is 28.0 Å². The highest BCUT2D eigenvalue weighted by Gasteiger charge is 2.07. The molecule has 0 bridgehead atoms. The average Bonchev–Trinajstić information content (AvgIpc) is 2.54. The fourth-order valence-electron chi connectivity index (χ4n) is 1.39. The van der Waals surface area contributed by atoms with Crippen molar-refractivity contribution in [2.24, 2.45) is 0 Å². The monoisotopic (exact) mass is 210 g/mol. The van der Waals surface area contributed by atoms with Gasteiger partial charge in [0.05, 0.1) is 17.4 Å². The highest BCUT2D eigenvalue weighted by molar-refractivity contribution is 6.28. The lowest BCUT2D eigenvalue weighted by molar-refractivity contribution is 0.783. The molecular weight excluding hydrogens is 200 g/mol. The Morgan fingerprint density at radius 2 is 2.43 bits per heavy atom. The summed E-state index contributed by atoms with van der Waals surface area (Å²) in [7, 11) is 1.91. The summed E-state index contributed by atoms with van der Waals surface area (Å²) in [4.78, 5) is 8.33. The molecule has 0 unspecified atom stereocenters. The Labute approximate surface area is 86.9 Å². The molecule has 0 radical (unpaired) electrons. The van der Waals surface area contributed by atoms with Crippen molar-refractivity contribution in [1.82, 2.24) is 19.7 Å². The summed E-state index contributed by atoms with van der Waals surface area (Å²) in [5.74, 6) is 0. The van der Waals surface area contributed by atoms with Gasteiger partial charge < -0.3 is 5.32 Å². The largest absolute Gasteiger partial charge is 0.319 e. The van der Waals surface area contributed by atoms with Gasteiger partial charge in [-0.1, -0.05) is 0 Å². The molecule has 0 saturated heterocycles. The van der Waals surface area contributed by atoms with Gasteiger partial charge in [-0.25, -0.2) is 4.98 Å². The molecule has 5 heteroatoms. The molecule has 4 nitrogen and oxygen atoms in total. The number of imidazole rings is 1. The molecule has 0 aliphatic heterocycles. The van der Waals surface area contributed by atoms with Crippen LogP contribution in [0.2, 0.25) is 5.28 Å². The zero-order chi connectivity index (χ0) is 9.97. The molecule has 14 heavy (non-hydrogen) atoms. The standard InChI is InChI=1S/C9H11ClN4/c1-11-3-2-7-8-6-12-4-5-14(8)9(10)13-7/h4-6,11H,2-3H2,1H3. The van der Waals surface area contributed by atoms with Crippen LogP contribution < -0.4 is 5.32 Å². The third-order valence-electron chi connectivity index (χ3n) is 2.09. The number of hydrogen-bond acceptors (Lipinski definition) is 3. The van der Waals surface area contributed by atoms with Gasteiger partial charge in [-0.15, -0.1) is 0 Å². The number of likely N-dealkylation sites (N-methyl/N-ethyl adjacent to an activating group) is 1. The van der Waals surface area contributed by atoms with E-state index in [-0.39, 0.29) is 0 Å². The summed E-state index contributed by atoms with van der Waals surface area (Å²) in [5.41, 5.74) is 1.96. The normalized spacial score (nSPS) is 11.0.